The molecule has 27 heavy (non-hydrogen) atoms. The fourth-order valence-corrected chi connectivity index (χ4v) is 3.56. The molecular formula is C23H28N2O2. The van der Waals surface area contributed by atoms with Crippen molar-refractivity contribution in [3.63, 3.8) is 0 Å². The molecule has 1 aliphatic heterocycles. The van der Waals surface area contributed by atoms with Crippen LogP contribution in [0.25, 0.3) is 0 Å². The molecule has 2 aromatic rings. The van der Waals surface area contributed by atoms with E-state index in [1.807, 2.05) is 26.0 Å². The molecular weight excluding hydrogens is 336 g/mol. The SMILES string of the molecule is CC(C)(O)CCc1ccc2c(c1)CCN(CC(O)c1ccc(C#N)cc1)C2. The molecule has 0 spiro atoms. The lowest BCUT2D eigenvalue weighted by molar-refractivity contribution is 0.0714. The summed E-state index contributed by atoms with van der Waals surface area (Å²) < 4.78 is 0. The number of benzene rings is 2. The van der Waals surface area contributed by atoms with Gasteiger partial charge >= 0.3 is 0 Å². The van der Waals surface area contributed by atoms with E-state index in [1.165, 1.54) is 16.7 Å². The first-order chi connectivity index (χ1) is 12.8. The number of rotatable bonds is 6. The van der Waals surface area contributed by atoms with E-state index in [1.54, 1.807) is 12.1 Å². The van der Waals surface area contributed by atoms with Crippen LogP contribution < -0.4 is 0 Å². The average molecular weight is 364 g/mol. The minimum Gasteiger partial charge on any atom is -0.390 e. The van der Waals surface area contributed by atoms with Gasteiger partial charge in [-0.05, 0) is 67.5 Å². The van der Waals surface area contributed by atoms with E-state index in [4.69, 9.17) is 5.26 Å². The summed E-state index contributed by atoms with van der Waals surface area (Å²) in [6, 6.07) is 15.9. The van der Waals surface area contributed by atoms with Crippen molar-refractivity contribution in [1.82, 2.24) is 4.90 Å². The van der Waals surface area contributed by atoms with Gasteiger partial charge in [0.15, 0.2) is 0 Å². The Kier molecular flexibility index (Phi) is 5.96. The standard InChI is InChI=1S/C23H28N2O2/c1-23(2,27)11-9-17-3-8-21-15-25(12-10-20(21)13-17)16-22(26)19-6-4-18(14-24)5-7-19/h3-8,13,22,26-27H,9-12,15-16H2,1-2H3. The third-order valence-electron chi connectivity index (χ3n) is 5.24. The maximum absolute atomic E-state index is 10.5. The molecule has 0 fully saturated rings. The summed E-state index contributed by atoms with van der Waals surface area (Å²) in [6.07, 6.45) is 2.07. The number of hydrogen-bond donors (Lipinski definition) is 2. The van der Waals surface area contributed by atoms with Gasteiger partial charge < -0.3 is 10.2 Å². The highest BCUT2D eigenvalue weighted by Gasteiger charge is 2.20. The van der Waals surface area contributed by atoms with Gasteiger partial charge in [0.25, 0.3) is 0 Å². The Morgan fingerprint density at radius 2 is 1.89 bits per heavy atom. The molecule has 4 heteroatoms. The predicted molar refractivity (Wildman–Crippen MR) is 106 cm³/mol. The summed E-state index contributed by atoms with van der Waals surface area (Å²) >= 11 is 0. The Morgan fingerprint density at radius 3 is 2.56 bits per heavy atom. The van der Waals surface area contributed by atoms with E-state index in [2.05, 4.69) is 29.2 Å². The molecule has 4 nitrogen and oxygen atoms in total. The fraction of sp³-hybridized carbons (Fsp3) is 0.435. The van der Waals surface area contributed by atoms with E-state index < -0.39 is 11.7 Å². The molecule has 142 valence electrons. The first-order valence-electron chi connectivity index (χ1n) is 9.57. The van der Waals surface area contributed by atoms with Gasteiger partial charge in [0.1, 0.15) is 0 Å². The molecule has 0 amide bonds. The Bertz CT molecular complexity index is 816. The van der Waals surface area contributed by atoms with Crippen molar-refractivity contribution in [2.75, 3.05) is 13.1 Å². The molecule has 2 N–H and O–H groups in total. The van der Waals surface area contributed by atoms with Crippen LogP contribution in [0.4, 0.5) is 0 Å². The maximum Gasteiger partial charge on any atom is 0.0991 e. The minimum absolute atomic E-state index is 0.551. The molecule has 1 unspecified atom stereocenters. The third-order valence-corrected chi connectivity index (χ3v) is 5.24. The van der Waals surface area contributed by atoms with Crippen LogP contribution in [0.3, 0.4) is 0 Å². The summed E-state index contributed by atoms with van der Waals surface area (Å²) in [4.78, 5) is 2.28. The lowest BCUT2D eigenvalue weighted by Gasteiger charge is -2.31. The van der Waals surface area contributed by atoms with Gasteiger partial charge in [0, 0.05) is 19.6 Å². The second-order valence-electron chi connectivity index (χ2n) is 8.15. The zero-order valence-electron chi connectivity index (χ0n) is 16.2. The van der Waals surface area contributed by atoms with Gasteiger partial charge in [-0.3, -0.25) is 4.90 Å². The number of aliphatic hydroxyl groups excluding tert-OH is 1. The molecule has 0 aromatic heterocycles. The highest BCUT2D eigenvalue weighted by atomic mass is 16.3. The van der Waals surface area contributed by atoms with Gasteiger partial charge in [0.05, 0.1) is 23.3 Å². The zero-order valence-corrected chi connectivity index (χ0v) is 16.2. The summed E-state index contributed by atoms with van der Waals surface area (Å²) in [5.41, 5.74) is 4.81. The van der Waals surface area contributed by atoms with Crippen LogP contribution in [-0.2, 0) is 19.4 Å². The normalized spacial score (nSPS) is 15.8. The van der Waals surface area contributed by atoms with Crippen molar-refractivity contribution < 1.29 is 10.2 Å². The lowest BCUT2D eigenvalue weighted by atomic mass is 9.93. The molecule has 0 saturated heterocycles. The second kappa shape index (κ2) is 8.22. The van der Waals surface area contributed by atoms with Crippen molar-refractivity contribution in [2.45, 2.75) is 51.4 Å². The highest BCUT2D eigenvalue weighted by molar-refractivity contribution is 5.35. The quantitative estimate of drug-likeness (QED) is 0.825. The average Bonchev–Trinajstić information content (AvgIpc) is 2.65. The maximum atomic E-state index is 10.5. The molecule has 3 rings (SSSR count). The van der Waals surface area contributed by atoms with Crippen LogP contribution >= 0.6 is 0 Å². The summed E-state index contributed by atoms with van der Waals surface area (Å²) in [6.45, 7) is 6.06. The van der Waals surface area contributed by atoms with E-state index in [-0.39, 0.29) is 0 Å². The summed E-state index contributed by atoms with van der Waals surface area (Å²) in [5, 5.41) is 29.3. The Hall–Kier alpha value is -2.19. The first-order valence-corrected chi connectivity index (χ1v) is 9.57. The largest absolute Gasteiger partial charge is 0.390 e. The number of aryl methyl sites for hydroxylation is 1. The fourth-order valence-electron chi connectivity index (χ4n) is 3.56. The van der Waals surface area contributed by atoms with Crippen LogP contribution in [0.15, 0.2) is 42.5 Å². The van der Waals surface area contributed by atoms with Crippen molar-refractivity contribution in [3.05, 3.63) is 70.3 Å². The molecule has 1 aliphatic rings. The number of β-amino-alcohol motifs (C(OH)–C–C–N with tert-alkyl or cyclic N) is 1. The summed E-state index contributed by atoms with van der Waals surface area (Å²) in [5.74, 6) is 0. The smallest absolute Gasteiger partial charge is 0.0991 e. The third kappa shape index (κ3) is 5.40. The molecule has 0 saturated carbocycles. The molecule has 1 heterocycles. The number of nitrogens with zero attached hydrogens (tertiary/aromatic N) is 2. The minimum atomic E-state index is -0.631. The van der Waals surface area contributed by atoms with Crippen LogP contribution in [-0.4, -0.2) is 33.8 Å². The molecule has 1 atom stereocenters. The van der Waals surface area contributed by atoms with Gasteiger partial charge in [-0.25, -0.2) is 0 Å². The zero-order chi connectivity index (χ0) is 19.4. The number of fused-ring (bicyclic) bond motifs is 1. The van der Waals surface area contributed by atoms with Crippen molar-refractivity contribution in [1.29, 1.82) is 5.26 Å². The van der Waals surface area contributed by atoms with E-state index in [0.29, 0.717) is 12.1 Å². The molecule has 0 radical (unpaired) electrons. The Balaban J connectivity index is 1.60. The van der Waals surface area contributed by atoms with Crippen LogP contribution in [0.1, 0.15) is 54.2 Å². The molecule has 0 aliphatic carbocycles. The van der Waals surface area contributed by atoms with Crippen molar-refractivity contribution in [3.8, 4) is 6.07 Å². The number of aliphatic hydroxyl groups is 2. The lowest BCUT2D eigenvalue weighted by Crippen LogP contribution is -2.34. The Morgan fingerprint density at radius 1 is 1.15 bits per heavy atom. The molecule has 2 aromatic carbocycles. The van der Waals surface area contributed by atoms with Crippen LogP contribution in [0, 0.1) is 11.3 Å². The van der Waals surface area contributed by atoms with Gasteiger partial charge in [-0.2, -0.15) is 5.26 Å². The topological polar surface area (TPSA) is 67.5 Å². The van der Waals surface area contributed by atoms with E-state index >= 15 is 0 Å². The van der Waals surface area contributed by atoms with Gasteiger partial charge in [-0.15, -0.1) is 0 Å². The van der Waals surface area contributed by atoms with Crippen LogP contribution in [0.2, 0.25) is 0 Å². The van der Waals surface area contributed by atoms with Gasteiger partial charge in [-0.1, -0.05) is 30.3 Å². The predicted octanol–water partition coefficient (Wildman–Crippen LogP) is 3.35. The summed E-state index contributed by atoms with van der Waals surface area (Å²) in [7, 11) is 0. The van der Waals surface area contributed by atoms with Crippen molar-refractivity contribution >= 4 is 0 Å². The highest BCUT2D eigenvalue weighted by Crippen LogP contribution is 2.24. The number of hydrogen-bond acceptors (Lipinski definition) is 4. The van der Waals surface area contributed by atoms with Crippen LogP contribution in [0.5, 0.6) is 0 Å². The second-order valence-corrected chi connectivity index (χ2v) is 8.15. The van der Waals surface area contributed by atoms with E-state index in [0.717, 1.165) is 37.9 Å². The Labute approximate surface area is 161 Å². The van der Waals surface area contributed by atoms with Gasteiger partial charge in [0.2, 0.25) is 0 Å². The first kappa shape index (κ1) is 19.6. The van der Waals surface area contributed by atoms with E-state index in [9.17, 15) is 10.2 Å². The molecule has 0 bridgehead atoms. The number of nitriles is 1. The van der Waals surface area contributed by atoms with Crippen molar-refractivity contribution in [2.24, 2.45) is 0 Å². The monoisotopic (exact) mass is 364 g/mol.